The molecule has 1 aliphatic heterocycles. The van der Waals surface area contributed by atoms with Gasteiger partial charge in [0.25, 0.3) is 0 Å². The van der Waals surface area contributed by atoms with Crippen LogP contribution in [0.5, 0.6) is 0 Å². The van der Waals surface area contributed by atoms with Crippen molar-refractivity contribution in [3.8, 4) is 0 Å². The lowest BCUT2D eigenvalue weighted by molar-refractivity contribution is -0.116. The van der Waals surface area contributed by atoms with Gasteiger partial charge >= 0.3 is 12.2 Å². The molecule has 1 heterocycles. The van der Waals surface area contributed by atoms with Crippen LogP contribution in [0.15, 0.2) is 18.2 Å². The van der Waals surface area contributed by atoms with Gasteiger partial charge in [-0.1, -0.05) is 6.07 Å². The van der Waals surface area contributed by atoms with Crippen LogP contribution in [0.4, 0.5) is 21.0 Å². The summed E-state index contributed by atoms with van der Waals surface area (Å²) in [5.41, 5.74) is 0.603. The first-order valence-electron chi connectivity index (χ1n) is 6.36. The lowest BCUT2D eigenvalue weighted by Crippen LogP contribution is -2.32. The Kier molecular flexibility index (Phi) is 3.59. The fourth-order valence-electron chi connectivity index (χ4n) is 2.01. The SMILES string of the molecule is CC(C)(C)OC(=O)Nc1ccc2c(c1)N(C(=O)O)C(=O)C2. The molecule has 1 aromatic carbocycles. The second kappa shape index (κ2) is 5.08. The highest BCUT2D eigenvalue weighted by Crippen LogP contribution is 2.31. The molecule has 0 saturated heterocycles. The lowest BCUT2D eigenvalue weighted by Gasteiger charge is -2.20. The minimum absolute atomic E-state index is 0.0361. The number of anilines is 2. The summed E-state index contributed by atoms with van der Waals surface area (Å²) in [6.07, 6.45) is -1.95. The molecule has 0 saturated carbocycles. The normalized spacial score (nSPS) is 13.9. The van der Waals surface area contributed by atoms with E-state index in [9.17, 15) is 14.4 Å². The van der Waals surface area contributed by atoms with Gasteiger partial charge in [-0.2, -0.15) is 0 Å². The van der Waals surface area contributed by atoms with Crippen LogP contribution in [-0.4, -0.2) is 28.8 Å². The molecule has 112 valence electrons. The van der Waals surface area contributed by atoms with Crippen LogP contribution in [0.25, 0.3) is 0 Å². The Morgan fingerprint density at radius 1 is 1.33 bits per heavy atom. The van der Waals surface area contributed by atoms with Gasteiger partial charge in [0.2, 0.25) is 5.91 Å². The highest BCUT2D eigenvalue weighted by atomic mass is 16.6. The van der Waals surface area contributed by atoms with Crippen molar-refractivity contribution in [2.75, 3.05) is 10.2 Å². The molecule has 0 bridgehead atoms. The summed E-state index contributed by atoms with van der Waals surface area (Å²) in [5.74, 6) is -0.507. The summed E-state index contributed by atoms with van der Waals surface area (Å²) in [6, 6.07) is 4.66. The summed E-state index contributed by atoms with van der Waals surface area (Å²) in [7, 11) is 0. The number of fused-ring (bicyclic) bond motifs is 1. The van der Waals surface area contributed by atoms with Gasteiger partial charge in [0.05, 0.1) is 12.1 Å². The van der Waals surface area contributed by atoms with Crippen molar-refractivity contribution in [1.82, 2.24) is 0 Å². The van der Waals surface area contributed by atoms with Crippen molar-refractivity contribution in [2.24, 2.45) is 0 Å². The third kappa shape index (κ3) is 3.31. The molecule has 1 aliphatic rings. The van der Waals surface area contributed by atoms with Gasteiger partial charge in [0.1, 0.15) is 5.60 Å². The summed E-state index contributed by atoms with van der Waals surface area (Å²) < 4.78 is 5.11. The largest absolute Gasteiger partial charge is 0.464 e. The number of rotatable bonds is 1. The van der Waals surface area contributed by atoms with Crippen LogP contribution >= 0.6 is 0 Å². The molecule has 7 heteroatoms. The van der Waals surface area contributed by atoms with E-state index in [1.807, 2.05) is 0 Å². The molecular weight excluding hydrogens is 276 g/mol. The van der Waals surface area contributed by atoms with E-state index in [1.54, 1.807) is 32.9 Å². The minimum Gasteiger partial charge on any atom is -0.464 e. The number of carbonyl (C=O) groups is 3. The van der Waals surface area contributed by atoms with Crippen LogP contribution in [-0.2, 0) is 16.0 Å². The molecule has 2 rings (SSSR count). The number of amides is 3. The Morgan fingerprint density at radius 3 is 2.57 bits per heavy atom. The van der Waals surface area contributed by atoms with Crippen LogP contribution in [0.3, 0.4) is 0 Å². The number of hydrogen-bond donors (Lipinski definition) is 2. The van der Waals surface area contributed by atoms with E-state index in [4.69, 9.17) is 9.84 Å². The molecule has 7 nitrogen and oxygen atoms in total. The van der Waals surface area contributed by atoms with Gasteiger partial charge in [-0.25, -0.2) is 14.5 Å². The number of carboxylic acid groups (broad SMARTS) is 1. The highest BCUT2D eigenvalue weighted by Gasteiger charge is 2.32. The topological polar surface area (TPSA) is 95.9 Å². The maximum atomic E-state index is 11.7. The van der Waals surface area contributed by atoms with Gasteiger partial charge < -0.3 is 9.84 Å². The predicted octanol–water partition coefficient (Wildman–Crippen LogP) is 2.60. The average Bonchev–Trinajstić information content (AvgIpc) is 2.61. The maximum absolute atomic E-state index is 11.7. The molecule has 0 aliphatic carbocycles. The summed E-state index contributed by atoms with van der Waals surface area (Å²) in [4.78, 5) is 35.1. The van der Waals surface area contributed by atoms with Crippen molar-refractivity contribution < 1.29 is 24.2 Å². The Labute approximate surface area is 121 Å². The standard InChI is InChI=1S/C14H16N2O5/c1-14(2,3)21-12(18)15-9-5-4-8-6-11(17)16(13(19)20)10(8)7-9/h4-5,7H,6H2,1-3H3,(H,15,18)(H,19,20). The van der Waals surface area contributed by atoms with Crippen LogP contribution < -0.4 is 10.2 Å². The second-order valence-corrected chi connectivity index (χ2v) is 5.66. The number of imide groups is 1. The number of nitrogens with zero attached hydrogens (tertiary/aromatic N) is 1. The van der Waals surface area contributed by atoms with E-state index >= 15 is 0 Å². The minimum atomic E-state index is -1.34. The number of nitrogens with one attached hydrogen (secondary N) is 1. The number of benzene rings is 1. The van der Waals surface area contributed by atoms with Gasteiger partial charge in [-0.3, -0.25) is 10.1 Å². The van der Waals surface area contributed by atoms with Crippen molar-refractivity contribution in [2.45, 2.75) is 32.8 Å². The summed E-state index contributed by atoms with van der Waals surface area (Å²) >= 11 is 0. The molecule has 2 N–H and O–H groups in total. The summed E-state index contributed by atoms with van der Waals surface area (Å²) in [6.45, 7) is 5.21. The van der Waals surface area contributed by atoms with Crippen LogP contribution in [0, 0.1) is 0 Å². The molecule has 0 aromatic heterocycles. The van der Waals surface area contributed by atoms with Crippen LogP contribution in [0.2, 0.25) is 0 Å². The van der Waals surface area contributed by atoms with Gasteiger partial charge in [-0.05, 0) is 38.5 Å². The smallest absolute Gasteiger partial charge is 0.418 e. The number of hydrogen-bond acceptors (Lipinski definition) is 4. The maximum Gasteiger partial charge on any atom is 0.418 e. The van der Waals surface area contributed by atoms with E-state index in [0.29, 0.717) is 16.2 Å². The van der Waals surface area contributed by atoms with Gasteiger partial charge in [-0.15, -0.1) is 0 Å². The predicted molar refractivity (Wildman–Crippen MR) is 75.5 cm³/mol. The average molecular weight is 292 g/mol. The zero-order valence-electron chi connectivity index (χ0n) is 12.0. The molecule has 0 radical (unpaired) electrons. The fourth-order valence-corrected chi connectivity index (χ4v) is 2.01. The monoisotopic (exact) mass is 292 g/mol. The van der Waals surface area contributed by atoms with Crippen molar-refractivity contribution >= 4 is 29.5 Å². The van der Waals surface area contributed by atoms with E-state index in [2.05, 4.69) is 5.32 Å². The van der Waals surface area contributed by atoms with Crippen molar-refractivity contribution in [1.29, 1.82) is 0 Å². The molecule has 0 fully saturated rings. The molecule has 3 amide bonds. The zero-order valence-corrected chi connectivity index (χ0v) is 12.0. The molecule has 1 aromatic rings. The Balaban J connectivity index is 2.20. The number of carbonyl (C=O) groups excluding carboxylic acids is 2. The van der Waals surface area contributed by atoms with E-state index in [-0.39, 0.29) is 12.1 Å². The molecule has 0 spiro atoms. The quantitative estimate of drug-likeness (QED) is 0.829. The number of ether oxygens (including phenoxy) is 1. The molecule has 0 unspecified atom stereocenters. The Morgan fingerprint density at radius 2 is 2.00 bits per heavy atom. The first-order valence-corrected chi connectivity index (χ1v) is 6.36. The van der Waals surface area contributed by atoms with Crippen LogP contribution in [0.1, 0.15) is 26.3 Å². The van der Waals surface area contributed by atoms with Crippen molar-refractivity contribution in [3.63, 3.8) is 0 Å². The third-order valence-corrected chi connectivity index (χ3v) is 2.75. The molecular formula is C14H16N2O5. The highest BCUT2D eigenvalue weighted by molar-refractivity contribution is 6.16. The Bertz CT molecular complexity index is 618. The fraction of sp³-hybridized carbons (Fsp3) is 0.357. The Hall–Kier alpha value is -2.57. The van der Waals surface area contributed by atoms with E-state index in [0.717, 1.165) is 0 Å². The zero-order chi connectivity index (χ0) is 15.8. The van der Waals surface area contributed by atoms with E-state index in [1.165, 1.54) is 6.07 Å². The molecule has 21 heavy (non-hydrogen) atoms. The first-order chi connectivity index (χ1) is 9.67. The molecule has 0 atom stereocenters. The van der Waals surface area contributed by atoms with Gasteiger partial charge in [0, 0.05) is 5.69 Å². The second-order valence-electron chi connectivity index (χ2n) is 5.66. The third-order valence-electron chi connectivity index (χ3n) is 2.75. The lowest BCUT2D eigenvalue weighted by atomic mass is 10.1. The van der Waals surface area contributed by atoms with E-state index < -0.39 is 23.7 Å². The van der Waals surface area contributed by atoms with Crippen molar-refractivity contribution in [3.05, 3.63) is 23.8 Å². The summed E-state index contributed by atoms with van der Waals surface area (Å²) in [5, 5.41) is 11.6. The van der Waals surface area contributed by atoms with Gasteiger partial charge in [0.15, 0.2) is 0 Å². The first kappa shape index (κ1) is 14.8.